The summed E-state index contributed by atoms with van der Waals surface area (Å²) < 4.78 is 10.8. The number of carbonyl (C=O) groups excluding carboxylic acids is 1. The van der Waals surface area contributed by atoms with E-state index in [0.717, 1.165) is 44.9 Å². The minimum Gasteiger partial charge on any atom is -0.497 e. The van der Waals surface area contributed by atoms with Gasteiger partial charge in [0.05, 0.1) is 26.4 Å². The van der Waals surface area contributed by atoms with E-state index in [9.17, 15) is 4.79 Å². The lowest BCUT2D eigenvalue weighted by atomic mass is 9.96. The molecular weight excluding hydrogens is 330 g/mol. The average molecular weight is 361 g/mol. The van der Waals surface area contributed by atoms with E-state index in [-0.39, 0.29) is 12.1 Å². The number of morpholine rings is 1. The molecule has 1 atom stereocenters. The van der Waals surface area contributed by atoms with Crippen molar-refractivity contribution in [2.45, 2.75) is 44.2 Å². The van der Waals surface area contributed by atoms with Crippen molar-refractivity contribution in [1.82, 2.24) is 15.5 Å². The summed E-state index contributed by atoms with van der Waals surface area (Å²) in [6.45, 7) is 3.82. The highest BCUT2D eigenvalue weighted by molar-refractivity contribution is 5.74. The Morgan fingerprint density at radius 1 is 1.19 bits per heavy atom. The third kappa shape index (κ3) is 5.35. The zero-order valence-electron chi connectivity index (χ0n) is 15.7. The lowest BCUT2D eigenvalue weighted by molar-refractivity contribution is 0.0166. The van der Waals surface area contributed by atoms with Crippen LogP contribution in [0.4, 0.5) is 4.79 Å². The molecule has 1 aliphatic heterocycles. The predicted octanol–water partition coefficient (Wildman–Crippen LogP) is 2.70. The van der Waals surface area contributed by atoms with Crippen LogP contribution in [-0.4, -0.2) is 56.9 Å². The molecule has 26 heavy (non-hydrogen) atoms. The highest BCUT2D eigenvalue weighted by Gasteiger charge is 2.24. The van der Waals surface area contributed by atoms with E-state index in [1.807, 2.05) is 12.1 Å². The molecule has 2 aliphatic rings. The van der Waals surface area contributed by atoms with Crippen LogP contribution in [-0.2, 0) is 4.74 Å². The van der Waals surface area contributed by atoms with Gasteiger partial charge >= 0.3 is 6.03 Å². The predicted molar refractivity (Wildman–Crippen MR) is 102 cm³/mol. The summed E-state index contributed by atoms with van der Waals surface area (Å²) >= 11 is 0. The molecule has 1 saturated carbocycles. The van der Waals surface area contributed by atoms with E-state index in [2.05, 4.69) is 27.7 Å². The summed E-state index contributed by atoms with van der Waals surface area (Å²) in [4.78, 5) is 14.7. The lowest BCUT2D eigenvalue weighted by Crippen LogP contribution is -2.47. The molecule has 0 bridgehead atoms. The zero-order valence-corrected chi connectivity index (χ0v) is 15.7. The molecule has 2 fully saturated rings. The fourth-order valence-electron chi connectivity index (χ4n) is 3.85. The minimum absolute atomic E-state index is 0.0522. The van der Waals surface area contributed by atoms with Crippen molar-refractivity contribution in [3.8, 4) is 5.75 Å². The molecule has 144 valence electrons. The number of hydrogen-bond donors (Lipinski definition) is 2. The van der Waals surface area contributed by atoms with Crippen LogP contribution in [0, 0.1) is 0 Å². The van der Waals surface area contributed by atoms with Crippen LogP contribution in [0.3, 0.4) is 0 Å². The topological polar surface area (TPSA) is 62.8 Å². The van der Waals surface area contributed by atoms with Crippen LogP contribution >= 0.6 is 0 Å². The maximum absolute atomic E-state index is 12.3. The maximum atomic E-state index is 12.3. The van der Waals surface area contributed by atoms with Gasteiger partial charge in [-0.1, -0.05) is 31.4 Å². The van der Waals surface area contributed by atoms with Gasteiger partial charge in [0.15, 0.2) is 0 Å². The standard InChI is InChI=1S/C20H31N3O3/c1-25-18-9-7-16(8-10-18)19(23-11-13-26-14-12-23)15-21-20(24)22-17-5-3-2-4-6-17/h7-10,17,19H,2-6,11-15H2,1H3,(H2,21,22,24). The summed E-state index contributed by atoms with van der Waals surface area (Å²) in [7, 11) is 1.67. The van der Waals surface area contributed by atoms with Crippen molar-refractivity contribution < 1.29 is 14.3 Å². The highest BCUT2D eigenvalue weighted by Crippen LogP contribution is 2.24. The Hall–Kier alpha value is -1.79. The molecule has 0 aromatic heterocycles. The third-order valence-electron chi connectivity index (χ3n) is 5.38. The van der Waals surface area contributed by atoms with Crippen molar-refractivity contribution in [3.63, 3.8) is 0 Å². The quantitative estimate of drug-likeness (QED) is 0.818. The molecule has 1 aliphatic carbocycles. The van der Waals surface area contributed by atoms with Crippen LogP contribution in [0.2, 0.25) is 0 Å². The number of rotatable bonds is 6. The van der Waals surface area contributed by atoms with Crippen molar-refractivity contribution in [2.75, 3.05) is 40.0 Å². The Kier molecular flexibility index (Phi) is 7.14. The second-order valence-electron chi connectivity index (χ2n) is 7.13. The van der Waals surface area contributed by atoms with E-state index in [1.165, 1.54) is 24.8 Å². The van der Waals surface area contributed by atoms with Gasteiger partial charge in [-0.05, 0) is 30.5 Å². The Labute approximate surface area is 156 Å². The summed E-state index contributed by atoms with van der Waals surface area (Å²) in [5.41, 5.74) is 1.19. The molecule has 0 spiro atoms. The Morgan fingerprint density at radius 2 is 1.88 bits per heavy atom. The molecule has 0 radical (unpaired) electrons. The van der Waals surface area contributed by atoms with Gasteiger partial charge in [-0.25, -0.2) is 4.79 Å². The Balaban J connectivity index is 1.59. The molecule has 3 rings (SSSR count). The van der Waals surface area contributed by atoms with E-state index >= 15 is 0 Å². The van der Waals surface area contributed by atoms with Crippen LogP contribution in [0.25, 0.3) is 0 Å². The van der Waals surface area contributed by atoms with Gasteiger partial charge in [-0.15, -0.1) is 0 Å². The number of carbonyl (C=O) groups is 1. The minimum atomic E-state index is -0.0522. The average Bonchev–Trinajstić information content (AvgIpc) is 2.70. The number of hydrogen-bond acceptors (Lipinski definition) is 4. The summed E-state index contributed by atoms with van der Waals surface area (Å²) in [5.74, 6) is 0.845. The molecule has 1 unspecified atom stereocenters. The molecule has 6 nitrogen and oxygen atoms in total. The van der Waals surface area contributed by atoms with Gasteiger partial charge in [0, 0.05) is 25.7 Å². The zero-order chi connectivity index (χ0) is 18.2. The molecule has 1 aromatic rings. The number of amides is 2. The molecule has 2 amide bonds. The van der Waals surface area contributed by atoms with Gasteiger partial charge < -0.3 is 20.1 Å². The molecular formula is C20H31N3O3. The van der Waals surface area contributed by atoms with Crippen LogP contribution < -0.4 is 15.4 Å². The SMILES string of the molecule is COc1ccc(C(CNC(=O)NC2CCCCC2)N2CCOCC2)cc1. The molecule has 6 heteroatoms. The first-order chi connectivity index (χ1) is 12.8. The smallest absolute Gasteiger partial charge is 0.315 e. The summed E-state index contributed by atoms with van der Waals surface area (Å²) in [6.07, 6.45) is 5.91. The molecule has 1 heterocycles. The highest BCUT2D eigenvalue weighted by atomic mass is 16.5. The fraction of sp³-hybridized carbons (Fsp3) is 0.650. The van der Waals surface area contributed by atoms with Crippen LogP contribution in [0.1, 0.15) is 43.7 Å². The normalized spacial score (nSPS) is 20.3. The number of ether oxygens (including phenoxy) is 2. The van der Waals surface area contributed by atoms with Crippen molar-refractivity contribution in [3.05, 3.63) is 29.8 Å². The second-order valence-corrected chi connectivity index (χ2v) is 7.13. The molecule has 1 aromatic carbocycles. The number of methoxy groups -OCH3 is 1. The molecule has 1 saturated heterocycles. The first-order valence-electron chi connectivity index (χ1n) is 9.76. The first kappa shape index (κ1) is 19.0. The molecule has 2 N–H and O–H groups in total. The van der Waals surface area contributed by atoms with Gasteiger partial charge in [0.25, 0.3) is 0 Å². The van der Waals surface area contributed by atoms with Gasteiger partial charge in [0.2, 0.25) is 0 Å². The monoisotopic (exact) mass is 361 g/mol. The maximum Gasteiger partial charge on any atom is 0.315 e. The van der Waals surface area contributed by atoms with Gasteiger partial charge in [0.1, 0.15) is 5.75 Å². The van der Waals surface area contributed by atoms with Crippen LogP contribution in [0.15, 0.2) is 24.3 Å². The summed E-state index contributed by atoms with van der Waals surface area (Å²) in [5, 5.41) is 6.22. The largest absolute Gasteiger partial charge is 0.497 e. The lowest BCUT2D eigenvalue weighted by Gasteiger charge is -2.35. The Bertz CT molecular complexity index is 552. The van der Waals surface area contributed by atoms with Crippen molar-refractivity contribution >= 4 is 6.03 Å². The summed E-state index contributed by atoms with van der Waals surface area (Å²) in [6, 6.07) is 8.53. The van der Waals surface area contributed by atoms with Crippen molar-refractivity contribution in [1.29, 1.82) is 0 Å². The fourth-order valence-corrected chi connectivity index (χ4v) is 3.85. The van der Waals surface area contributed by atoms with Gasteiger partial charge in [-0.2, -0.15) is 0 Å². The van der Waals surface area contributed by atoms with Crippen molar-refractivity contribution in [2.24, 2.45) is 0 Å². The van der Waals surface area contributed by atoms with E-state index < -0.39 is 0 Å². The van der Waals surface area contributed by atoms with Crippen LogP contribution in [0.5, 0.6) is 5.75 Å². The number of nitrogens with zero attached hydrogens (tertiary/aromatic N) is 1. The second kappa shape index (κ2) is 9.78. The Morgan fingerprint density at radius 3 is 2.54 bits per heavy atom. The van der Waals surface area contributed by atoms with E-state index in [4.69, 9.17) is 9.47 Å². The van der Waals surface area contributed by atoms with E-state index in [0.29, 0.717) is 12.6 Å². The number of urea groups is 1. The first-order valence-corrected chi connectivity index (χ1v) is 9.76. The number of benzene rings is 1. The number of nitrogens with one attached hydrogen (secondary N) is 2. The third-order valence-corrected chi connectivity index (χ3v) is 5.38. The van der Waals surface area contributed by atoms with Gasteiger partial charge in [-0.3, -0.25) is 4.90 Å². The van der Waals surface area contributed by atoms with E-state index in [1.54, 1.807) is 7.11 Å².